The van der Waals surface area contributed by atoms with Gasteiger partial charge in [0.25, 0.3) is 5.91 Å². The zero-order valence-corrected chi connectivity index (χ0v) is 16.5. The summed E-state index contributed by atoms with van der Waals surface area (Å²) >= 11 is 1.24. The van der Waals surface area contributed by atoms with Crippen molar-refractivity contribution < 1.29 is 22.4 Å². The van der Waals surface area contributed by atoms with Crippen molar-refractivity contribution in [3.63, 3.8) is 0 Å². The van der Waals surface area contributed by atoms with E-state index in [0.717, 1.165) is 12.5 Å². The van der Waals surface area contributed by atoms with Gasteiger partial charge in [0.15, 0.2) is 5.01 Å². The van der Waals surface area contributed by atoms with E-state index in [9.17, 15) is 22.4 Å². The van der Waals surface area contributed by atoms with Crippen molar-refractivity contribution in [3.8, 4) is 10.6 Å². The summed E-state index contributed by atoms with van der Waals surface area (Å²) in [4.78, 5) is 14.3. The predicted octanol–water partition coefficient (Wildman–Crippen LogP) is 5.38. The number of aromatic nitrogens is 2. The second-order valence-corrected chi connectivity index (χ2v) is 8.07. The predicted molar refractivity (Wildman–Crippen MR) is 105 cm³/mol. The van der Waals surface area contributed by atoms with Gasteiger partial charge in [-0.1, -0.05) is 35.6 Å². The Morgan fingerprint density at radius 3 is 2.57 bits per heavy atom. The van der Waals surface area contributed by atoms with Gasteiger partial charge < -0.3 is 4.90 Å². The average molecular weight is 435 g/mol. The Kier molecular flexibility index (Phi) is 5.55. The molecule has 0 N–H and O–H groups in total. The van der Waals surface area contributed by atoms with Crippen molar-refractivity contribution in [2.75, 3.05) is 13.1 Å². The number of nitrogens with zero attached hydrogens (tertiary/aromatic N) is 3. The zero-order valence-electron chi connectivity index (χ0n) is 15.7. The SMILES string of the molecule is O=C(c1ccccc1C(F)(F)F)N1CCC[C@H](c2nnc(-c3ccccc3F)s2)C1. The summed E-state index contributed by atoms with van der Waals surface area (Å²) in [6.07, 6.45) is -3.23. The normalized spacial score (nSPS) is 17.2. The highest BCUT2D eigenvalue weighted by Crippen LogP contribution is 2.36. The van der Waals surface area contributed by atoms with E-state index in [1.165, 1.54) is 40.5 Å². The Bertz CT molecular complexity index is 1070. The third-order valence-corrected chi connectivity index (χ3v) is 6.18. The van der Waals surface area contributed by atoms with Crippen LogP contribution in [0.4, 0.5) is 17.6 Å². The van der Waals surface area contributed by atoms with E-state index in [1.807, 2.05) is 0 Å². The second kappa shape index (κ2) is 8.14. The fraction of sp³-hybridized carbons (Fsp3) is 0.286. The van der Waals surface area contributed by atoms with Crippen LogP contribution in [0, 0.1) is 5.82 Å². The first kappa shape index (κ1) is 20.5. The molecule has 1 saturated heterocycles. The second-order valence-electron chi connectivity index (χ2n) is 7.06. The lowest BCUT2D eigenvalue weighted by Gasteiger charge is -2.32. The third-order valence-electron chi connectivity index (χ3n) is 5.07. The minimum absolute atomic E-state index is 0.154. The van der Waals surface area contributed by atoms with Crippen LogP contribution in [-0.4, -0.2) is 34.1 Å². The number of hydrogen-bond acceptors (Lipinski definition) is 4. The molecular formula is C21H17F4N3OS. The van der Waals surface area contributed by atoms with E-state index < -0.39 is 23.5 Å². The molecule has 4 nitrogen and oxygen atoms in total. The summed E-state index contributed by atoms with van der Waals surface area (Å²) < 4.78 is 53.9. The van der Waals surface area contributed by atoms with E-state index in [-0.39, 0.29) is 18.0 Å². The highest BCUT2D eigenvalue weighted by molar-refractivity contribution is 7.14. The van der Waals surface area contributed by atoms with E-state index in [1.54, 1.807) is 18.2 Å². The molecule has 30 heavy (non-hydrogen) atoms. The molecule has 2 aromatic carbocycles. The van der Waals surface area contributed by atoms with E-state index >= 15 is 0 Å². The summed E-state index contributed by atoms with van der Waals surface area (Å²) in [6, 6.07) is 11.1. The van der Waals surface area contributed by atoms with E-state index in [2.05, 4.69) is 10.2 Å². The molecule has 0 spiro atoms. The topological polar surface area (TPSA) is 46.1 Å². The molecule has 156 valence electrons. The highest BCUT2D eigenvalue weighted by atomic mass is 32.1. The molecule has 1 aliphatic heterocycles. The van der Waals surface area contributed by atoms with Crippen LogP contribution in [-0.2, 0) is 6.18 Å². The van der Waals surface area contributed by atoms with Gasteiger partial charge >= 0.3 is 6.18 Å². The molecule has 2 heterocycles. The van der Waals surface area contributed by atoms with Crippen molar-refractivity contribution in [2.24, 2.45) is 0 Å². The molecule has 0 aliphatic carbocycles. The van der Waals surface area contributed by atoms with Crippen molar-refractivity contribution in [1.82, 2.24) is 15.1 Å². The van der Waals surface area contributed by atoms with E-state index in [4.69, 9.17) is 0 Å². The Balaban J connectivity index is 1.55. The minimum atomic E-state index is -4.60. The first-order valence-electron chi connectivity index (χ1n) is 9.38. The molecule has 1 fully saturated rings. The van der Waals surface area contributed by atoms with E-state index in [0.29, 0.717) is 28.5 Å². The standard InChI is InChI=1S/C21H17F4N3OS/c22-17-10-4-2-8-15(17)19-27-26-18(30-19)13-6-5-11-28(12-13)20(29)14-7-1-3-9-16(14)21(23,24)25/h1-4,7-10,13H,5-6,11-12H2/t13-/m0/s1. The summed E-state index contributed by atoms with van der Waals surface area (Å²) in [5, 5.41) is 9.32. The lowest BCUT2D eigenvalue weighted by atomic mass is 9.97. The molecule has 4 rings (SSSR count). The first-order valence-corrected chi connectivity index (χ1v) is 10.2. The van der Waals surface area contributed by atoms with Crippen LogP contribution < -0.4 is 0 Å². The number of halogens is 4. The van der Waals surface area contributed by atoms with Gasteiger partial charge in [0, 0.05) is 24.6 Å². The smallest absolute Gasteiger partial charge is 0.338 e. The van der Waals surface area contributed by atoms with Crippen LogP contribution in [0.15, 0.2) is 48.5 Å². The van der Waals surface area contributed by atoms with Crippen molar-refractivity contribution in [2.45, 2.75) is 24.9 Å². The number of likely N-dealkylation sites (tertiary alicyclic amines) is 1. The molecule has 0 bridgehead atoms. The zero-order chi connectivity index (χ0) is 21.3. The largest absolute Gasteiger partial charge is 0.417 e. The maximum Gasteiger partial charge on any atom is 0.417 e. The fourth-order valence-electron chi connectivity index (χ4n) is 3.59. The first-order chi connectivity index (χ1) is 14.3. The lowest BCUT2D eigenvalue weighted by molar-refractivity contribution is -0.138. The van der Waals surface area contributed by atoms with Gasteiger partial charge in [-0.05, 0) is 37.1 Å². The van der Waals surface area contributed by atoms with Crippen LogP contribution in [0.25, 0.3) is 10.6 Å². The number of carbonyl (C=O) groups excluding carboxylic acids is 1. The summed E-state index contributed by atoms with van der Waals surface area (Å²) in [5.41, 5.74) is -0.936. The number of alkyl halides is 3. The van der Waals surface area contributed by atoms with Gasteiger partial charge in [0.2, 0.25) is 0 Å². The summed E-state index contributed by atoms with van der Waals surface area (Å²) in [7, 11) is 0. The molecule has 0 saturated carbocycles. The Morgan fingerprint density at radius 1 is 1.07 bits per heavy atom. The van der Waals surface area contributed by atoms with Gasteiger partial charge in [-0.3, -0.25) is 4.79 Å². The number of carbonyl (C=O) groups is 1. The summed E-state index contributed by atoms with van der Waals surface area (Å²) in [6.45, 7) is 0.622. The van der Waals surface area contributed by atoms with Crippen LogP contribution in [0.5, 0.6) is 0 Å². The number of rotatable bonds is 3. The van der Waals surface area contributed by atoms with Crippen molar-refractivity contribution >= 4 is 17.2 Å². The Labute approximate surface area is 174 Å². The maximum absolute atomic E-state index is 14.0. The monoisotopic (exact) mass is 435 g/mol. The van der Waals surface area contributed by atoms with Crippen LogP contribution in [0.2, 0.25) is 0 Å². The Hall–Kier alpha value is -2.81. The molecule has 1 atom stereocenters. The molecule has 1 aromatic heterocycles. The maximum atomic E-state index is 14.0. The lowest BCUT2D eigenvalue weighted by Crippen LogP contribution is -2.39. The van der Waals surface area contributed by atoms with Gasteiger partial charge in [-0.2, -0.15) is 13.2 Å². The van der Waals surface area contributed by atoms with Crippen molar-refractivity contribution in [1.29, 1.82) is 0 Å². The van der Waals surface area contributed by atoms with Crippen LogP contribution in [0.3, 0.4) is 0 Å². The number of amides is 1. The van der Waals surface area contributed by atoms with Crippen molar-refractivity contribution in [3.05, 3.63) is 70.5 Å². The van der Waals surface area contributed by atoms with Gasteiger partial charge in [0.05, 0.1) is 11.1 Å². The Morgan fingerprint density at radius 2 is 1.80 bits per heavy atom. The van der Waals surface area contributed by atoms with Crippen LogP contribution in [0.1, 0.15) is 39.7 Å². The molecule has 3 aromatic rings. The van der Waals surface area contributed by atoms with Gasteiger partial charge in [0.1, 0.15) is 10.8 Å². The molecule has 0 radical (unpaired) electrons. The fourth-order valence-corrected chi connectivity index (χ4v) is 4.59. The number of piperidine rings is 1. The van der Waals surface area contributed by atoms with Gasteiger partial charge in [-0.25, -0.2) is 4.39 Å². The third kappa shape index (κ3) is 4.07. The molecular weight excluding hydrogens is 418 g/mol. The molecule has 1 aliphatic rings. The number of hydrogen-bond donors (Lipinski definition) is 0. The number of benzene rings is 2. The minimum Gasteiger partial charge on any atom is -0.338 e. The molecule has 9 heteroatoms. The highest BCUT2D eigenvalue weighted by Gasteiger charge is 2.37. The molecule has 1 amide bonds. The van der Waals surface area contributed by atoms with Gasteiger partial charge in [-0.15, -0.1) is 10.2 Å². The van der Waals surface area contributed by atoms with Crippen LogP contribution >= 0.6 is 11.3 Å². The molecule has 0 unspecified atom stereocenters. The summed E-state index contributed by atoms with van der Waals surface area (Å²) in [5.74, 6) is -1.20. The quantitative estimate of drug-likeness (QED) is 0.519. The average Bonchev–Trinajstić information content (AvgIpc) is 3.23.